The molecule has 2 rings (SSSR count). The van der Waals surface area contributed by atoms with Crippen molar-refractivity contribution < 1.29 is 0 Å². The summed E-state index contributed by atoms with van der Waals surface area (Å²) in [4.78, 5) is 0. The second kappa shape index (κ2) is 4.30. The molecule has 16 heavy (non-hydrogen) atoms. The molecule has 5 heteroatoms. The van der Waals surface area contributed by atoms with Crippen LogP contribution in [0.5, 0.6) is 0 Å². The molecule has 0 fully saturated rings. The second-order valence-electron chi connectivity index (χ2n) is 4.00. The van der Waals surface area contributed by atoms with Gasteiger partial charge in [-0.1, -0.05) is 0 Å². The molecule has 0 N–H and O–H groups in total. The highest BCUT2D eigenvalue weighted by Crippen LogP contribution is 2.12. The first-order valence-corrected chi connectivity index (χ1v) is 5.24. The van der Waals surface area contributed by atoms with Crippen LogP contribution in [0.3, 0.4) is 0 Å². The van der Waals surface area contributed by atoms with Gasteiger partial charge in [0.2, 0.25) is 0 Å². The molecule has 0 radical (unpaired) electrons. The maximum absolute atomic E-state index is 4.20. The van der Waals surface area contributed by atoms with Gasteiger partial charge in [0.05, 0.1) is 6.21 Å². The molecule has 0 aliphatic carbocycles. The number of nitrogens with zero attached hydrogens (tertiary/aromatic N) is 5. The Morgan fingerprint density at radius 3 is 2.56 bits per heavy atom. The number of rotatable bonds is 3. The Morgan fingerprint density at radius 1 is 1.31 bits per heavy atom. The number of hydrogen-bond acceptors (Lipinski definition) is 3. The summed E-state index contributed by atoms with van der Waals surface area (Å²) in [6.07, 6.45) is 7.01. The predicted octanol–water partition coefficient (Wildman–Crippen LogP) is 1.85. The normalized spacial score (nSPS) is 11.8. The second-order valence-corrected chi connectivity index (χ2v) is 4.00. The molecule has 0 aromatic carbocycles. The summed E-state index contributed by atoms with van der Waals surface area (Å²) in [6.45, 7) is 6.41. The fourth-order valence-corrected chi connectivity index (χ4v) is 1.63. The van der Waals surface area contributed by atoms with E-state index in [0.29, 0.717) is 6.04 Å². The van der Waals surface area contributed by atoms with E-state index in [-0.39, 0.29) is 0 Å². The van der Waals surface area contributed by atoms with Crippen LogP contribution in [-0.2, 0) is 0 Å². The highest BCUT2D eigenvalue weighted by atomic mass is 15.4. The van der Waals surface area contributed by atoms with Gasteiger partial charge in [-0.05, 0) is 26.8 Å². The summed E-state index contributed by atoms with van der Waals surface area (Å²) in [7, 11) is 0. The Labute approximate surface area is 94.4 Å². The number of hydrogen-bond donors (Lipinski definition) is 0. The molecule has 2 aromatic rings. The van der Waals surface area contributed by atoms with Gasteiger partial charge in [-0.2, -0.15) is 5.10 Å². The van der Waals surface area contributed by atoms with Gasteiger partial charge >= 0.3 is 0 Å². The molecule has 0 aliphatic heterocycles. The van der Waals surface area contributed by atoms with Crippen LogP contribution in [0.1, 0.15) is 31.1 Å². The maximum Gasteiger partial charge on any atom is 0.141 e. The van der Waals surface area contributed by atoms with Crippen LogP contribution in [0.2, 0.25) is 0 Å². The maximum atomic E-state index is 4.20. The van der Waals surface area contributed by atoms with E-state index in [1.165, 1.54) is 5.69 Å². The van der Waals surface area contributed by atoms with E-state index in [9.17, 15) is 0 Å². The Morgan fingerprint density at radius 2 is 2.00 bits per heavy atom. The lowest BCUT2D eigenvalue weighted by atomic mass is 10.3. The molecule has 2 aromatic heterocycles. The Hall–Kier alpha value is -1.91. The van der Waals surface area contributed by atoms with Crippen molar-refractivity contribution in [2.24, 2.45) is 5.10 Å². The van der Waals surface area contributed by atoms with E-state index in [1.54, 1.807) is 23.5 Å². The average molecular weight is 217 g/mol. The number of aryl methyl sites for hydroxylation is 1. The highest BCUT2D eigenvalue weighted by molar-refractivity contribution is 5.79. The third-order valence-corrected chi connectivity index (χ3v) is 2.37. The van der Waals surface area contributed by atoms with Crippen molar-refractivity contribution in [2.45, 2.75) is 26.8 Å². The lowest BCUT2D eigenvalue weighted by molar-refractivity contribution is 0.589. The fourth-order valence-electron chi connectivity index (χ4n) is 1.63. The van der Waals surface area contributed by atoms with Gasteiger partial charge in [0, 0.05) is 23.5 Å². The van der Waals surface area contributed by atoms with Crippen LogP contribution in [0.15, 0.2) is 30.0 Å². The van der Waals surface area contributed by atoms with Crippen LogP contribution in [0.4, 0.5) is 0 Å². The average Bonchev–Trinajstić information content (AvgIpc) is 2.83. The van der Waals surface area contributed by atoms with Gasteiger partial charge in [0.1, 0.15) is 12.7 Å². The van der Waals surface area contributed by atoms with Crippen LogP contribution in [0, 0.1) is 6.92 Å². The first kappa shape index (κ1) is 10.6. The van der Waals surface area contributed by atoms with Crippen molar-refractivity contribution in [2.75, 3.05) is 0 Å². The first-order valence-electron chi connectivity index (χ1n) is 5.24. The van der Waals surface area contributed by atoms with Crippen LogP contribution < -0.4 is 0 Å². The summed E-state index contributed by atoms with van der Waals surface area (Å²) in [5, 5.41) is 11.6. The minimum Gasteiger partial charge on any atom is -0.349 e. The zero-order valence-corrected chi connectivity index (χ0v) is 9.70. The molecule has 0 atom stereocenters. The molecule has 0 spiro atoms. The SMILES string of the molecule is Cc1cc(/C=N\n2cnnc2)cn1C(C)C. The molecule has 0 aliphatic rings. The molecule has 84 valence electrons. The van der Waals surface area contributed by atoms with Gasteiger partial charge in [-0.15, -0.1) is 10.2 Å². The molecule has 0 unspecified atom stereocenters. The topological polar surface area (TPSA) is 48.0 Å². The third kappa shape index (κ3) is 2.18. The molecule has 0 saturated heterocycles. The van der Waals surface area contributed by atoms with Crippen molar-refractivity contribution in [1.82, 2.24) is 19.4 Å². The molecular formula is C11H15N5. The molecule has 0 saturated carbocycles. The van der Waals surface area contributed by atoms with E-state index >= 15 is 0 Å². The molecule has 0 amide bonds. The zero-order valence-electron chi connectivity index (χ0n) is 9.70. The van der Waals surface area contributed by atoms with Crippen LogP contribution >= 0.6 is 0 Å². The summed E-state index contributed by atoms with van der Waals surface area (Å²) in [5.41, 5.74) is 2.32. The largest absolute Gasteiger partial charge is 0.349 e. The standard InChI is InChI=1S/C11H15N5/c1-9(2)16-6-11(4-10(16)3)5-14-15-7-12-13-8-15/h4-9H,1-3H3/b14-5-. The van der Waals surface area contributed by atoms with E-state index in [0.717, 1.165) is 5.56 Å². The van der Waals surface area contributed by atoms with E-state index in [2.05, 4.69) is 52.9 Å². The first-order chi connectivity index (χ1) is 7.66. The molecular weight excluding hydrogens is 202 g/mol. The van der Waals surface area contributed by atoms with Gasteiger partial charge in [0.25, 0.3) is 0 Å². The lowest BCUT2D eigenvalue weighted by Gasteiger charge is -2.08. The van der Waals surface area contributed by atoms with Crippen LogP contribution in [0.25, 0.3) is 0 Å². The van der Waals surface area contributed by atoms with Gasteiger partial charge in [0.15, 0.2) is 0 Å². The quantitative estimate of drug-likeness (QED) is 0.737. The van der Waals surface area contributed by atoms with Crippen molar-refractivity contribution in [3.63, 3.8) is 0 Å². The minimum atomic E-state index is 0.470. The summed E-state index contributed by atoms with van der Waals surface area (Å²) in [6, 6.07) is 2.57. The van der Waals surface area contributed by atoms with Crippen LogP contribution in [-0.4, -0.2) is 25.7 Å². The lowest BCUT2D eigenvalue weighted by Crippen LogP contribution is -2.00. The number of aromatic nitrogens is 4. The Kier molecular flexibility index (Phi) is 2.85. The Bertz CT molecular complexity index is 478. The summed E-state index contributed by atoms with van der Waals surface area (Å²) < 4.78 is 3.79. The summed E-state index contributed by atoms with van der Waals surface area (Å²) in [5.74, 6) is 0. The highest BCUT2D eigenvalue weighted by Gasteiger charge is 2.03. The monoisotopic (exact) mass is 217 g/mol. The molecule has 2 heterocycles. The van der Waals surface area contributed by atoms with Crippen molar-refractivity contribution in [3.8, 4) is 0 Å². The third-order valence-electron chi connectivity index (χ3n) is 2.37. The van der Waals surface area contributed by atoms with Gasteiger partial charge in [-0.25, -0.2) is 4.68 Å². The summed E-state index contributed by atoms with van der Waals surface area (Å²) >= 11 is 0. The van der Waals surface area contributed by atoms with E-state index in [1.807, 2.05) is 0 Å². The smallest absolute Gasteiger partial charge is 0.141 e. The van der Waals surface area contributed by atoms with Gasteiger partial charge in [-0.3, -0.25) is 0 Å². The van der Waals surface area contributed by atoms with E-state index < -0.39 is 0 Å². The van der Waals surface area contributed by atoms with Crippen molar-refractivity contribution in [1.29, 1.82) is 0 Å². The molecule has 5 nitrogen and oxygen atoms in total. The van der Waals surface area contributed by atoms with Crippen molar-refractivity contribution >= 4 is 6.21 Å². The van der Waals surface area contributed by atoms with E-state index in [4.69, 9.17) is 0 Å². The predicted molar refractivity (Wildman–Crippen MR) is 62.6 cm³/mol. The van der Waals surface area contributed by atoms with Gasteiger partial charge < -0.3 is 4.57 Å². The molecule has 0 bridgehead atoms. The Balaban J connectivity index is 2.19. The fraction of sp³-hybridized carbons (Fsp3) is 0.364. The zero-order chi connectivity index (χ0) is 11.5. The minimum absolute atomic E-state index is 0.470. The van der Waals surface area contributed by atoms with Crippen molar-refractivity contribution in [3.05, 3.63) is 36.2 Å².